The van der Waals surface area contributed by atoms with Crippen molar-refractivity contribution in [1.82, 2.24) is 5.32 Å². The van der Waals surface area contributed by atoms with Crippen LogP contribution in [0.5, 0.6) is 5.75 Å². The van der Waals surface area contributed by atoms with Crippen molar-refractivity contribution in [1.29, 1.82) is 0 Å². The molecule has 0 saturated carbocycles. The van der Waals surface area contributed by atoms with Gasteiger partial charge in [-0.05, 0) is 25.1 Å². The van der Waals surface area contributed by atoms with Crippen LogP contribution in [0.1, 0.15) is 6.42 Å². The van der Waals surface area contributed by atoms with E-state index in [0.717, 1.165) is 13.0 Å². The fourth-order valence-electron chi connectivity index (χ4n) is 2.49. The molecule has 90 valence electrons. The second-order valence-corrected chi connectivity index (χ2v) is 4.37. The molecular weight excluding hydrogens is 220 g/mol. The summed E-state index contributed by atoms with van der Waals surface area (Å²) in [6, 6.07) is 6.79. The molecule has 5 nitrogen and oxygen atoms in total. The van der Waals surface area contributed by atoms with E-state index in [2.05, 4.69) is 5.32 Å². The summed E-state index contributed by atoms with van der Waals surface area (Å²) >= 11 is 0. The number of hydrogen-bond acceptors (Lipinski definition) is 4. The molecule has 0 aliphatic carbocycles. The van der Waals surface area contributed by atoms with Gasteiger partial charge in [0, 0.05) is 12.6 Å². The van der Waals surface area contributed by atoms with Gasteiger partial charge in [-0.2, -0.15) is 0 Å². The molecule has 2 heterocycles. The first-order chi connectivity index (χ1) is 8.25. The van der Waals surface area contributed by atoms with E-state index in [1.807, 2.05) is 6.07 Å². The van der Waals surface area contributed by atoms with Crippen LogP contribution < -0.4 is 10.2 Å². The number of anilines is 1. The van der Waals surface area contributed by atoms with Crippen LogP contribution in [0.2, 0.25) is 0 Å². The molecule has 3 rings (SSSR count). The molecule has 2 N–H and O–H groups in total. The molecule has 0 spiro atoms. The molecule has 1 amide bonds. The maximum atomic E-state index is 11.8. The van der Waals surface area contributed by atoms with Gasteiger partial charge in [0.2, 0.25) is 0 Å². The van der Waals surface area contributed by atoms with Crippen molar-refractivity contribution in [2.45, 2.75) is 18.6 Å². The summed E-state index contributed by atoms with van der Waals surface area (Å²) < 4.78 is 5.32. The SMILES string of the molecule is O=C1OC2CNCCC2N1c1cccc(O)c1. The van der Waals surface area contributed by atoms with E-state index in [4.69, 9.17) is 4.74 Å². The zero-order valence-corrected chi connectivity index (χ0v) is 9.30. The van der Waals surface area contributed by atoms with Crippen molar-refractivity contribution in [2.75, 3.05) is 18.0 Å². The van der Waals surface area contributed by atoms with Gasteiger partial charge in [-0.1, -0.05) is 6.07 Å². The number of piperidine rings is 1. The number of carbonyl (C=O) groups excluding carboxylic acids is 1. The Kier molecular flexibility index (Phi) is 2.40. The Morgan fingerprint density at radius 3 is 3.18 bits per heavy atom. The summed E-state index contributed by atoms with van der Waals surface area (Å²) in [6.07, 6.45) is 0.458. The van der Waals surface area contributed by atoms with E-state index in [-0.39, 0.29) is 24.0 Å². The second kappa shape index (κ2) is 3.92. The Morgan fingerprint density at radius 2 is 2.35 bits per heavy atom. The molecule has 0 aromatic heterocycles. The number of phenolic OH excluding ortho intramolecular Hbond substituents is 1. The Morgan fingerprint density at radius 1 is 1.47 bits per heavy atom. The lowest BCUT2D eigenvalue weighted by molar-refractivity contribution is 0.121. The van der Waals surface area contributed by atoms with Gasteiger partial charge in [0.1, 0.15) is 11.9 Å². The highest BCUT2D eigenvalue weighted by molar-refractivity contribution is 5.91. The quantitative estimate of drug-likeness (QED) is 0.763. The molecule has 2 unspecified atom stereocenters. The minimum Gasteiger partial charge on any atom is -0.508 e. The third kappa shape index (κ3) is 1.72. The van der Waals surface area contributed by atoms with Gasteiger partial charge in [-0.3, -0.25) is 4.90 Å². The van der Waals surface area contributed by atoms with E-state index < -0.39 is 0 Å². The topological polar surface area (TPSA) is 61.8 Å². The maximum absolute atomic E-state index is 11.8. The molecule has 2 saturated heterocycles. The van der Waals surface area contributed by atoms with Crippen molar-refractivity contribution in [3.63, 3.8) is 0 Å². The van der Waals surface area contributed by atoms with Gasteiger partial charge < -0.3 is 15.2 Å². The van der Waals surface area contributed by atoms with Crippen molar-refractivity contribution in [3.8, 4) is 5.75 Å². The number of phenols is 1. The fraction of sp³-hybridized carbons (Fsp3) is 0.417. The molecular formula is C12H14N2O3. The molecule has 5 heteroatoms. The third-order valence-electron chi connectivity index (χ3n) is 3.28. The van der Waals surface area contributed by atoms with Gasteiger partial charge in [-0.15, -0.1) is 0 Å². The van der Waals surface area contributed by atoms with Crippen molar-refractivity contribution >= 4 is 11.8 Å². The lowest BCUT2D eigenvalue weighted by atomic mass is 10.0. The van der Waals surface area contributed by atoms with Crippen LogP contribution in [-0.4, -0.2) is 36.4 Å². The van der Waals surface area contributed by atoms with Crippen LogP contribution in [0.15, 0.2) is 24.3 Å². The summed E-state index contributed by atoms with van der Waals surface area (Å²) in [7, 11) is 0. The number of ether oxygens (including phenoxy) is 1. The Labute approximate surface area is 99.0 Å². The molecule has 0 radical (unpaired) electrons. The summed E-state index contributed by atoms with van der Waals surface area (Å²) in [4.78, 5) is 13.5. The molecule has 2 atom stereocenters. The van der Waals surface area contributed by atoms with Gasteiger partial charge in [0.25, 0.3) is 0 Å². The van der Waals surface area contributed by atoms with E-state index in [1.54, 1.807) is 23.1 Å². The van der Waals surface area contributed by atoms with E-state index in [0.29, 0.717) is 12.2 Å². The fourth-order valence-corrected chi connectivity index (χ4v) is 2.49. The summed E-state index contributed by atoms with van der Waals surface area (Å²) in [5.41, 5.74) is 0.699. The number of benzene rings is 1. The van der Waals surface area contributed by atoms with Crippen LogP contribution in [0, 0.1) is 0 Å². The maximum Gasteiger partial charge on any atom is 0.415 e. The predicted octanol–water partition coefficient (Wildman–Crippen LogP) is 1.08. The minimum atomic E-state index is -0.325. The summed E-state index contributed by atoms with van der Waals surface area (Å²) in [5.74, 6) is 0.160. The normalized spacial score (nSPS) is 27.8. The van der Waals surface area contributed by atoms with E-state index in [1.165, 1.54) is 0 Å². The number of nitrogens with one attached hydrogen (secondary N) is 1. The molecule has 2 fully saturated rings. The standard InChI is InChI=1S/C12H14N2O3/c15-9-3-1-2-8(6-9)14-10-4-5-13-7-11(10)17-12(14)16/h1-3,6,10-11,13,15H,4-5,7H2. The molecule has 1 aromatic carbocycles. The van der Waals surface area contributed by atoms with Crippen LogP contribution >= 0.6 is 0 Å². The third-order valence-corrected chi connectivity index (χ3v) is 3.28. The highest BCUT2D eigenvalue weighted by Crippen LogP contribution is 2.31. The smallest absolute Gasteiger partial charge is 0.415 e. The van der Waals surface area contributed by atoms with Crippen LogP contribution in [0.4, 0.5) is 10.5 Å². The predicted molar refractivity (Wildman–Crippen MR) is 62.1 cm³/mol. The van der Waals surface area contributed by atoms with Gasteiger partial charge in [-0.25, -0.2) is 4.79 Å². The van der Waals surface area contributed by atoms with Gasteiger partial charge >= 0.3 is 6.09 Å². The zero-order chi connectivity index (χ0) is 11.8. The number of carbonyl (C=O) groups is 1. The Balaban J connectivity index is 1.93. The van der Waals surface area contributed by atoms with Crippen molar-refractivity contribution < 1.29 is 14.6 Å². The first-order valence-electron chi connectivity index (χ1n) is 5.75. The number of nitrogens with zero attached hydrogens (tertiary/aromatic N) is 1. The summed E-state index contributed by atoms with van der Waals surface area (Å²) in [6.45, 7) is 1.58. The molecule has 0 bridgehead atoms. The van der Waals surface area contributed by atoms with Crippen LogP contribution in [0.3, 0.4) is 0 Å². The summed E-state index contributed by atoms with van der Waals surface area (Å²) in [5, 5.41) is 12.7. The number of rotatable bonds is 1. The number of fused-ring (bicyclic) bond motifs is 1. The average Bonchev–Trinajstić information content (AvgIpc) is 2.64. The lowest BCUT2D eigenvalue weighted by Gasteiger charge is -2.28. The largest absolute Gasteiger partial charge is 0.508 e. The van der Waals surface area contributed by atoms with Crippen molar-refractivity contribution in [2.24, 2.45) is 0 Å². The minimum absolute atomic E-state index is 0.0746. The Hall–Kier alpha value is -1.75. The lowest BCUT2D eigenvalue weighted by Crippen LogP contribution is -2.47. The molecule has 2 aliphatic heterocycles. The van der Waals surface area contributed by atoms with Crippen LogP contribution in [-0.2, 0) is 4.74 Å². The molecule has 17 heavy (non-hydrogen) atoms. The molecule has 1 aromatic rings. The number of amides is 1. The highest BCUT2D eigenvalue weighted by Gasteiger charge is 2.43. The highest BCUT2D eigenvalue weighted by atomic mass is 16.6. The first-order valence-corrected chi connectivity index (χ1v) is 5.75. The van der Waals surface area contributed by atoms with Crippen LogP contribution in [0.25, 0.3) is 0 Å². The zero-order valence-electron chi connectivity index (χ0n) is 9.30. The first kappa shape index (κ1) is 10.4. The average molecular weight is 234 g/mol. The van der Waals surface area contributed by atoms with Gasteiger partial charge in [0.15, 0.2) is 0 Å². The van der Waals surface area contributed by atoms with Crippen molar-refractivity contribution in [3.05, 3.63) is 24.3 Å². The van der Waals surface area contributed by atoms with E-state index in [9.17, 15) is 9.90 Å². The van der Waals surface area contributed by atoms with E-state index >= 15 is 0 Å². The Bertz CT molecular complexity index is 449. The second-order valence-electron chi connectivity index (χ2n) is 4.37. The number of aromatic hydroxyl groups is 1. The monoisotopic (exact) mass is 234 g/mol. The molecule has 2 aliphatic rings. The number of hydrogen-bond donors (Lipinski definition) is 2. The van der Waals surface area contributed by atoms with Gasteiger partial charge in [0.05, 0.1) is 11.7 Å².